The fourth-order valence-corrected chi connectivity index (χ4v) is 4.26. The second-order valence-corrected chi connectivity index (χ2v) is 6.77. The fraction of sp³-hybridized carbons (Fsp3) is 0.429. The Kier molecular flexibility index (Phi) is 5.57. The van der Waals surface area contributed by atoms with Gasteiger partial charge in [0.25, 0.3) is 0 Å². The first-order valence-corrected chi connectivity index (χ1v) is 8.92. The average molecular weight is 355 g/mol. The molecule has 0 saturated carbocycles. The first-order chi connectivity index (χ1) is 12.6. The summed E-state index contributed by atoms with van der Waals surface area (Å²) >= 11 is 0. The number of fused-ring (bicyclic) bond motifs is 1. The summed E-state index contributed by atoms with van der Waals surface area (Å²) in [6.45, 7) is 8.07. The zero-order valence-corrected chi connectivity index (χ0v) is 15.0. The van der Waals surface area contributed by atoms with Crippen LogP contribution in [0.2, 0.25) is 0 Å². The van der Waals surface area contributed by atoms with Crippen LogP contribution < -0.4 is 0 Å². The molecule has 2 aliphatic rings. The van der Waals surface area contributed by atoms with Gasteiger partial charge in [0.15, 0.2) is 0 Å². The normalized spacial score (nSPS) is 30.6. The van der Waals surface area contributed by atoms with Crippen molar-refractivity contribution < 1.29 is 19.1 Å². The third-order valence-electron chi connectivity index (χ3n) is 5.42. The number of ether oxygens (including phenoxy) is 2. The molecule has 1 amide bonds. The summed E-state index contributed by atoms with van der Waals surface area (Å²) in [6.07, 6.45) is 4.41. The zero-order chi connectivity index (χ0) is 18.7. The Morgan fingerprint density at radius 2 is 1.88 bits per heavy atom. The molecule has 26 heavy (non-hydrogen) atoms. The number of carbonyl (C=O) groups excluding carboxylic acids is 2. The van der Waals surface area contributed by atoms with Crippen LogP contribution in [-0.4, -0.2) is 36.7 Å². The molecule has 138 valence electrons. The maximum absolute atomic E-state index is 13.3. The van der Waals surface area contributed by atoms with Crippen molar-refractivity contribution in [2.75, 3.05) is 13.7 Å². The summed E-state index contributed by atoms with van der Waals surface area (Å²) in [5.41, 5.74) is 1.01. The van der Waals surface area contributed by atoms with Crippen LogP contribution in [0.1, 0.15) is 24.4 Å². The van der Waals surface area contributed by atoms with Crippen LogP contribution in [0.25, 0.3) is 0 Å². The van der Waals surface area contributed by atoms with Crippen LogP contribution in [-0.2, 0) is 19.1 Å². The number of nitrogens with zero attached hydrogens (tertiary/aromatic N) is 1. The Bertz CT molecular complexity index is 687. The van der Waals surface area contributed by atoms with Crippen LogP contribution in [0.15, 0.2) is 55.6 Å². The molecule has 0 aliphatic carbocycles. The molecule has 2 saturated heterocycles. The minimum Gasteiger partial charge on any atom is -0.468 e. The summed E-state index contributed by atoms with van der Waals surface area (Å²) in [7, 11) is 1.32. The highest BCUT2D eigenvalue weighted by molar-refractivity contribution is 5.99. The third kappa shape index (κ3) is 3.07. The minimum atomic E-state index is -0.841. The van der Waals surface area contributed by atoms with Crippen molar-refractivity contribution in [1.29, 1.82) is 0 Å². The van der Waals surface area contributed by atoms with E-state index in [2.05, 4.69) is 13.2 Å². The van der Waals surface area contributed by atoms with Gasteiger partial charge in [-0.15, -0.1) is 13.2 Å². The first kappa shape index (κ1) is 18.4. The van der Waals surface area contributed by atoms with E-state index in [1.165, 1.54) is 7.11 Å². The number of amides is 1. The van der Waals surface area contributed by atoms with Crippen molar-refractivity contribution in [2.24, 2.45) is 17.8 Å². The standard InChI is InChI=1S/C21H25NO4/c1-4-9-15-16(10-5-2)20-22(19(23)18(15)21(24)25-3)17(13-26-20)14-11-7-6-8-12-14/h4-8,11-12,15-18,20H,1-2,9-10,13H2,3H3/t15-,16+,17+,18?,20-/m1/s1. The highest BCUT2D eigenvalue weighted by atomic mass is 16.5. The Hall–Kier alpha value is -2.40. The summed E-state index contributed by atoms with van der Waals surface area (Å²) in [6, 6.07) is 9.59. The van der Waals surface area contributed by atoms with Gasteiger partial charge in [0, 0.05) is 5.92 Å². The molecular weight excluding hydrogens is 330 g/mol. The monoisotopic (exact) mass is 355 g/mol. The van der Waals surface area contributed by atoms with Crippen LogP contribution in [0.3, 0.4) is 0 Å². The van der Waals surface area contributed by atoms with Crippen LogP contribution >= 0.6 is 0 Å². The fourth-order valence-electron chi connectivity index (χ4n) is 4.26. The van der Waals surface area contributed by atoms with E-state index in [9.17, 15) is 9.59 Å². The second kappa shape index (κ2) is 7.87. The molecule has 5 heteroatoms. The molecule has 2 heterocycles. The lowest BCUT2D eigenvalue weighted by Gasteiger charge is -2.45. The number of esters is 1. The number of hydrogen-bond donors (Lipinski definition) is 0. The van der Waals surface area contributed by atoms with Crippen LogP contribution in [0.4, 0.5) is 0 Å². The number of benzene rings is 1. The van der Waals surface area contributed by atoms with Crippen molar-refractivity contribution in [1.82, 2.24) is 4.90 Å². The van der Waals surface area contributed by atoms with Gasteiger partial charge in [-0.25, -0.2) is 0 Å². The molecule has 0 aromatic heterocycles. The maximum Gasteiger partial charge on any atom is 0.318 e. The number of allylic oxidation sites excluding steroid dienone is 2. The molecule has 3 rings (SSSR count). The quantitative estimate of drug-likeness (QED) is 0.447. The van der Waals surface area contributed by atoms with E-state index in [4.69, 9.17) is 9.47 Å². The Morgan fingerprint density at radius 3 is 2.50 bits per heavy atom. The van der Waals surface area contributed by atoms with E-state index >= 15 is 0 Å². The first-order valence-electron chi connectivity index (χ1n) is 8.92. The molecule has 1 aromatic carbocycles. The zero-order valence-electron chi connectivity index (χ0n) is 15.0. The number of hydrogen-bond acceptors (Lipinski definition) is 4. The predicted octanol–water partition coefficient (Wildman–Crippen LogP) is 3.10. The lowest BCUT2D eigenvalue weighted by molar-refractivity contribution is -0.173. The van der Waals surface area contributed by atoms with Crippen molar-refractivity contribution in [3.63, 3.8) is 0 Å². The molecular formula is C21H25NO4. The molecule has 1 unspecified atom stereocenters. The number of carbonyl (C=O) groups is 2. The summed E-state index contributed by atoms with van der Waals surface area (Å²) < 4.78 is 11.0. The SMILES string of the molecule is C=CC[C@@H]1[C@H]2OC[C@@H](c3ccccc3)N2C(=O)C(C(=O)OC)[C@@H]1CC=C. The van der Waals surface area contributed by atoms with Gasteiger partial charge in [-0.2, -0.15) is 0 Å². The van der Waals surface area contributed by atoms with Gasteiger partial charge >= 0.3 is 5.97 Å². The van der Waals surface area contributed by atoms with E-state index in [1.54, 1.807) is 11.0 Å². The smallest absolute Gasteiger partial charge is 0.318 e. The van der Waals surface area contributed by atoms with Gasteiger partial charge in [0.1, 0.15) is 12.1 Å². The molecule has 0 N–H and O–H groups in total. The molecule has 0 bridgehead atoms. The summed E-state index contributed by atoms with van der Waals surface area (Å²) in [4.78, 5) is 27.5. The molecule has 5 atom stereocenters. The molecule has 5 nitrogen and oxygen atoms in total. The van der Waals surface area contributed by atoms with Crippen LogP contribution in [0, 0.1) is 17.8 Å². The highest BCUT2D eigenvalue weighted by Crippen LogP contribution is 2.46. The Morgan fingerprint density at radius 1 is 1.23 bits per heavy atom. The van der Waals surface area contributed by atoms with E-state index in [1.807, 2.05) is 36.4 Å². The average Bonchev–Trinajstić information content (AvgIpc) is 3.11. The van der Waals surface area contributed by atoms with Gasteiger partial charge in [-0.3, -0.25) is 9.59 Å². The third-order valence-corrected chi connectivity index (χ3v) is 5.42. The topological polar surface area (TPSA) is 55.8 Å². The second-order valence-electron chi connectivity index (χ2n) is 6.77. The Labute approximate surface area is 154 Å². The molecule has 2 aliphatic heterocycles. The Balaban J connectivity index is 2.02. The summed E-state index contributed by atoms with van der Waals surface area (Å²) in [5, 5.41) is 0. The van der Waals surface area contributed by atoms with Crippen molar-refractivity contribution in [3.8, 4) is 0 Å². The van der Waals surface area contributed by atoms with E-state index in [-0.39, 0.29) is 30.0 Å². The molecule has 2 fully saturated rings. The van der Waals surface area contributed by atoms with Gasteiger partial charge in [0.05, 0.1) is 19.8 Å². The minimum absolute atomic E-state index is 0.0268. The molecule has 1 aromatic rings. The van der Waals surface area contributed by atoms with Crippen LogP contribution in [0.5, 0.6) is 0 Å². The van der Waals surface area contributed by atoms with Gasteiger partial charge in [-0.1, -0.05) is 42.5 Å². The van der Waals surface area contributed by atoms with Crippen molar-refractivity contribution in [2.45, 2.75) is 25.1 Å². The number of piperidine rings is 1. The molecule has 0 radical (unpaired) electrons. The van der Waals surface area contributed by atoms with Gasteiger partial charge in [0.2, 0.25) is 5.91 Å². The predicted molar refractivity (Wildman–Crippen MR) is 97.9 cm³/mol. The lowest BCUT2D eigenvalue weighted by atomic mass is 9.72. The van der Waals surface area contributed by atoms with Crippen molar-refractivity contribution in [3.05, 3.63) is 61.2 Å². The number of methoxy groups -OCH3 is 1. The maximum atomic E-state index is 13.3. The summed E-state index contributed by atoms with van der Waals surface area (Å²) in [5.74, 6) is -1.79. The van der Waals surface area contributed by atoms with Crippen molar-refractivity contribution >= 4 is 11.9 Å². The van der Waals surface area contributed by atoms with E-state index in [0.717, 1.165) is 5.56 Å². The lowest BCUT2D eigenvalue weighted by Crippen LogP contribution is -2.57. The molecule has 0 spiro atoms. The van der Waals surface area contributed by atoms with E-state index < -0.39 is 11.9 Å². The largest absolute Gasteiger partial charge is 0.468 e. The van der Waals surface area contributed by atoms with Gasteiger partial charge in [-0.05, 0) is 24.3 Å². The number of rotatable bonds is 6. The van der Waals surface area contributed by atoms with E-state index in [0.29, 0.717) is 19.4 Å². The van der Waals surface area contributed by atoms with Gasteiger partial charge < -0.3 is 14.4 Å². The highest BCUT2D eigenvalue weighted by Gasteiger charge is 2.55.